The monoisotopic (exact) mass is 295 g/mol. The van der Waals surface area contributed by atoms with Crippen LogP contribution in [0.3, 0.4) is 0 Å². The predicted molar refractivity (Wildman–Crippen MR) is 65.3 cm³/mol. The van der Waals surface area contributed by atoms with Crippen molar-refractivity contribution >= 4 is 17.3 Å². The molecule has 19 heavy (non-hydrogen) atoms. The van der Waals surface area contributed by atoms with E-state index < -0.39 is 11.7 Å². The quantitative estimate of drug-likeness (QED) is 0.839. The van der Waals surface area contributed by atoms with Gasteiger partial charge in [-0.3, -0.25) is 0 Å². The van der Waals surface area contributed by atoms with E-state index in [1.165, 1.54) is 6.07 Å². The molecule has 1 atom stereocenters. The highest BCUT2D eigenvalue weighted by atomic mass is 35.5. The van der Waals surface area contributed by atoms with Crippen LogP contribution in [0.1, 0.15) is 5.56 Å². The van der Waals surface area contributed by atoms with Crippen LogP contribution in [0.15, 0.2) is 12.3 Å². The number of halogens is 4. The molecule has 1 unspecified atom stereocenters. The first-order valence-electron chi connectivity index (χ1n) is 5.76. The Morgan fingerprint density at radius 3 is 2.95 bits per heavy atom. The summed E-state index contributed by atoms with van der Waals surface area (Å²) in [5.74, 6) is 0. The highest BCUT2D eigenvalue weighted by Crippen LogP contribution is 2.35. The maximum Gasteiger partial charge on any atom is 0.419 e. The molecule has 1 aromatic rings. The van der Waals surface area contributed by atoms with E-state index in [0.717, 1.165) is 12.7 Å². The van der Waals surface area contributed by atoms with Gasteiger partial charge >= 0.3 is 6.18 Å². The Labute approximate surface area is 113 Å². The van der Waals surface area contributed by atoms with Crippen molar-refractivity contribution in [1.29, 1.82) is 0 Å². The van der Waals surface area contributed by atoms with Crippen molar-refractivity contribution in [2.24, 2.45) is 0 Å². The lowest BCUT2D eigenvalue weighted by atomic mass is 10.2. The summed E-state index contributed by atoms with van der Waals surface area (Å²) < 4.78 is 43.7. The van der Waals surface area contributed by atoms with Gasteiger partial charge in [0, 0.05) is 25.8 Å². The van der Waals surface area contributed by atoms with E-state index in [1.807, 2.05) is 0 Å². The number of hydrogen-bond acceptors (Lipinski definition) is 4. The third kappa shape index (κ3) is 3.95. The number of pyridine rings is 1. The van der Waals surface area contributed by atoms with Gasteiger partial charge in [0.15, 0.2) is 0 Å². The Balaban J connectivity index is 2.07. The molecule has 0 bridgehead atoms. The normalized spacial score (nSPS) is 20.3. The molecular formula is C11H13ClF3N3O. The lowest BCUT2D eigenvalue weighted by molar-refractivity contribution is -0.137. The van der Waals surface area contributed by atoms with E-state index >= 15 is 0 Å². The fourth-order valence-corrected chi connectivity index (χ4v) is 1.93. The molecule has 1 fully saturated rings. The van der Waals surface area contributed by atoms with E-state index in [1.54, 1.807) is 0 Å². The van der Waals surface area contributed by atoms with Crippen molar-refractivity contribution in [1.82, 2.24) is 10.3 Å². The molecule has 0 saturated carbocycles. The van der Waals surface area contributed by atoms with Crippen molar-refractivity contribution in [2.45, 2.75) is 12.3 Å². The van der Waals surface area contributed by atoms with Crippen LogP contribution in [0.25, 0.3) is 0 Å². The number of morpholine rings is 1. The zero-order valence-electron chi connectivity index (χ0n) is 9.93. The lowest BCUT2D eigenvalue weighted by Crippen LogP contribution is -2.42. The molecule has 1 aliphatic heterocycles. The Bertz CT molecular complexity index is 436. The number of nitrogens with zero attached hydrogens (tertiary/aromatic N) is 1. The summed E-state index contributed by atoms with van der Waals surface area (Å²) in [5, 5.41) is 5.83. The first kappa shape index (κ1) is 14.4. The van der Waals surface area contributed by atoms with Crippen LogP contribution in [0.2, 0.25) is 5.15 Å². The number of ether oxygens (including phenoxy) is 1. The van der Waals surface area contributed by atoms with Gasteiger partial charge in [-0.2, -0.15) is 13.2 Å². The van der Waals surface area contributed by atoms with Crippen molar-refractivity contribution in [3.8, 4) is 0 Å². The summed E-state index contributed by atoms with van der Waals surface area (Å²) in [6, 6.07) is 1.17. The summed E-state index contributed by atoms with van der Waals surface area (Å²) in [5.41, 5.74) is -0.914. The molecule has 8 heteroatoms. The maximum absolute atomic E-state index is 12.8. The molecule has 0 aromatic carbocycles. The second-order valence-corrected chi connectivity index (χ2v) is 4.52. The summed E-state index contributed by atoms with van der Waals surface area (Å²) in [7, 11) is 0. The van der Waals surface area contributed by atoms with E-state index in [9.17, 15) is 13.2 Å². The minimum atomic E-state index is -4.47. The highest BCUT2D eigenvalue weighted by molar-refractivity contribution is 6.29. The van der Waals surface area contributed by atoms with Gasteiger partial charge in [-0.05, 0) is 6.07 Å². The van der Waals surface area contributed by atoms with Crippen molar-refractivity contribution < 1.29 is 17.9 Å². The average molecular weight is 296 g/mol. The van der Waals surface area contributed by atoms with Gasteiger partial charge in [0.1, 0.15) is 5.15 Å². The molecule has 0 aliphatic carbocycles. The SMILES string of the molecule is FC(F)(F)c1cnc(Cl)cc1NCC1CNCCO1. The molecule has 1 aliphatic rings. The summed E-state index contributed by atoms with van der Waals surface area (Å²) in [4.78, 5) is 3.46. The standard InChI is InChI=1S/C11H13ClF3N3O/c12-10-3-9(8(6-18-10)11(13,14)15)17-5-7-4-16-1-2-19-7/h3,6-7,16H,1-2,4-5H2,(H,17,18). The average Bonchev–Trinajstić information content (AvgIpc) is 2.36. The molecule has 1 saturated heterocycles. The Kier molecular flexibility index (Phi) is 4.49. The van der Waals surface area contributed by atoms with Gasteiger partial charge in [0.2, 0.25) is 0 Å². The molecule has 0 amide bonds. The molecule has 2 rings (SSSR count). The van der Waals surface area contributed by atoms with Crippen molar-refractivity contribution in [3.63, 3.8) is 0 Å². The zero-order valence-corrected chi connectivity index (χ0v) is 10.7. The van der Waals surface area contributed by atoms with Crippen LogP contribution in [0, 0.1) is 0 Å². The third-order valence-electron chi connectivity index (χ3n) is 2.70. The van der Waals surface area contributed by atoms with Crippen molar-refractivity contribution in [3.05, 3.63) is 23.0 Å². The van der Waals surface area contributed by atoms with E-state index in [4.69, 9.17) is 16.3 Å². The number of rotatable bonds is 3. The number of hydrogen-bond donors (Lipinski definition) is 2. The van der Waals surface area contributed by atoms with Gasteiger partial charge in [-0.1, -0.05) is 11.6 Å². The Morgan fingerprint density at radius 2 is 2.32 bits per heavy atom. The molecule has 1 aromatic heterocycles. The Hall–Kier alpha value is -1.05. The first-order chi connectivity index (χ1) is 8.97. The number of anilines is 1. The Morgan fingerprint density at radius 1 is 1.53 bits per heavy atom. The molecule has 0 spiro atoms. The highest BCUT2D eigenvalue weighted by Gasteiger charge is 2.34. The van der Waals surface area contributed by atoms with Crippen LogP contribution in [-0.2, 0) is 10.9 Å². The van der Waals surface area contributed by atoms with Crippen LogP contribution < -0.4 is 10.6 Å². The number of aromatic nitrogens is 1. The molecule has 4 nitrogen and oxygen atoms in total. The lowest BCUT2D eigenvalue weighted by Gasteiger charge is -2.25. The maximum atomic E-state index is 12.8. The second kappa shape index (κ2) is 5.94. The van der Waals surface area contributed by atoms with Gasteiger partial charge in [-0.25, -0.2) is 4.98 Å². The first-order valence-corrected chi connectivity index (χ1v) is 6.13. The third-order valence-corrected chi connectivity index (χ3v) is 2.91. The molecular weight excluding hydrogens is 283 g/mol. The van der Waals surface area contributed by atoms with Crippen LogP contribution in [0.4, 0.5) is 18.9 Å². The fraction of sp³-hybridized carbons (Fsp3) is 0.545. The van der Waals surface area contributed by atoms with Crippen molar-refractivity contribution in [2.75, 3.05) is 31.6 Å². The van der Waals surface area contributed by atoms with Crippen LogP contribution in [-0.4, -0.2) is 37.3 Å². The summed E-state index contributed by atoms with van der Waals surface area (Å²) in [6.45, 7) is 2.19. The molecule has 0 radical (unpaired) electrons. The number of alkyl halides is 3. The minimum absolute atomic E-state index is 0.0122. The largest absolute Gasteiger partial charge is 0.419 e. The zero-order chi connectivity index (χ0) is 13.9. The summed E-state index contributed by atoms with van der Waals surface area (Å²) in [6.07, 6.45) is -3.90. The van der Waals surface area contributed by atoms with Crippen LogP contribution in [0.5, 0.6) is 0 Å². The predicted octanol–water partition coefficient (Wildman–Crippen LogP) is 2.15. The smallest absolute Gasteiger partial charge is 0.382 e. The second-order valence-electron chi connectivity index (χ2n) is 4.13. The van der Waals surface area contributed by atoms with Gasteiger partial charge in [0.25, 0.3) is 0 Å². The number of nitrogens with one attached hydrogen (secondary N) is 2. The minimum Gasteiger partial charge on any atom is -0.382 e. The summed E-state index contributed by atoms with van der Waals surface area (Å²) >= 11 is 5.63. The van der Waals surface area contributed by atoms with Crippen LogP contribution >= 0.6 is 11.6 Å². The fourth-order valence-electron chi connectivity index (χ4n) is 1.78. The molecule has 2 heterocycles. The topological polar surface area (TPSA) is 46.2 Å². The van der Waals surface area contributed by atoms with E-state index in [0.29, 0.717) is 13.2 Å². The molecule has 2 N–H and O–H groups in total. The molecule has 106 valence electrons. The van der Waals surface area contributed by atoms with Gasteiger partial charge in [-0.15, -0.1) is 0 Å². The van der Waals surface area contributed by atoms with Gasteiger partial charge < -0.3 is 15.4 Å². The van der Waals surface area contributed by atoms with Gasteiger partial charge in [0.05, 0.1) is 24.0 Å². The van der Waals surface area contributed by atoms with E-state index in [-0.39, 0.29) is 23.5 Å². The van der Waals surface area contributed by atoms with E-state index in [2.05, 4.69) is 15.6 Å².